The monoisotopic (exact) mass is 286 g/mol. The molecule has 0 fully saturated rings. The molecule has 1 atom stereocenters. The van der Waals surface area contributed by atoms with Gasteiger partial charge in [-0.2, -0.15) is 0 Å². The molecule has 0 bridgehead atoms. The van der Waals surface area contributed by atoms with Crippen LogP contribution >= 0.6 is 0 Å². The molecule has 112 valence electrons. The van der Waals surface area contributed by atoms with Crippen molar-refractivity contribution in [3.63, 3.8) is 0 Å². The summed E-state index contributed by atoms with van der Waals surface area (Å²) in [5.41, 5.74) is 0.738. The summed E-state index contributed by atoms with van der Waals surface area (Å²) in [5.74, 6) is 1.62. The molecule has 0 unspecified atom stereocenters. The molecule has 0 radical (unpaired) electrons. The standard InChI is InChI=1S/C16H22N4O/c1-12(2)20-7-3-4-14(20)16(21)18-11-13-5-8-19-9-6-17-15(19)10-13/h3-4,6-7,9,12-13H,5,8,10-11H2,1-2H3,(H,18,21)/t13-/m0/s1. The Morgan fingerprint density at radius 1 is 1.48 bits per heavy atom. The maximum atomic E-state index is 12.3. The number of aromatic nitrogens is 3. The largest absolute Gasteiger partial charge is 0.350 e. The van der Waals surface area contributed by atoms with Crippen molar-refractivity contribution in [1.82, 2.24) is 19.4 Å². The Morgan fingerprint density at radius 2 is 2.33 bits per heavy atom. The quantitative estimate of drug-likeness (QED) is 0.937. The lowest BCUT2D eigenvalue weighted by molar-refractivity contribution is 0.0934. The minimum Gasteiger partial charge on any atom is -0.350 e. The molecule has 5 heteroatoms. The number of nitrogens with one attached hydrogen (secondary N) is 1. The summed E-state index contributed by atoms with van der Waals surface area (Å²) in [5, 5.41) is 3.08. The van der Waals surface area contributed by atoms with Gasteiger partial charge in [-0.1, -0.05) is 0 Å². The number of rotatable bonds is 4. The topological polar surface area (TPSA) is 51.9 Å². The number of aryl methyl sites for hydroxylation is 1. The van der Waals surface area contributed by atoms with Crippen molar-refractivity contribution < 1.29 is 4.79 Å². The second-order valence-electron chi connectivity index (χ2n) is 6.00. The Morgan fingerprint density at radius 3 is 3.14 bits per heavy atom. The minimum absolute atomic E-state index is 0.0163. The van der Waals surface area contributed by atoms with Crippen LogP contribution in [0.2, 0.25) is 0 Å². The van der Waals surface area contributed by atoms with E-state index in [0.29, 0.717) is 12.0 Å². The molecule has 0 spiro atoms. The molecule has 3 rings (SSSR count). The normalized spacial score (nSPS) is 17.8. The highest BCUT2D eigenvalue weighted by Crippen LogP contribution is 2.18. The van der Waals surface area contributed by atoms with Gasteiger partial charge in [0.25, 0.3) is 5.91 Å². The molecule has 0 saturated heterocycles. The predicted octanol–water partition coefficient (Wildman–Crippen LogP) is 2.26. The van der Waals surface area contributed by atoms with E-state index in [1.807, 2.05) is 35.3 Å². The van der Waals surface area contributed by atoms with E-state index < -0.39 is 0 Å². The third-order valence-electron chi connectivity index (χ3n) is 4.17. The molecule has 2 aromatic heterocycles. The molecule has 2 aromatic rings. The fourth-order valence-electron chi connectivity index (χ4n) is 2.95. The van der Waals surface area contributed by atoms with Gasteiger partial charge in [0, 0.05) is 44.1 Å². The highest BCUT2D eigenvalue weighted by Gasteiger charge is 2.20. The average Bonchev–Trinajstić information content (AvgIpc) is 3.12. The van der Waals surface area contributed by atoms with Crippen LogP contribution < -0.4 is 5.32 Å². The van der Waals surface area contributed by atoms with Crippen molar-refractivity contribution >= 4 is 5.91 Å². The number of imidazole rings is 1. The van der Waals surface area contributed by atoms with Gasteiger partial charge in [0.1, 0.15) is 11.5 Å². The summed E-state index contributed by atoms with van der Waals surface area (Å²) in [6, 6.07) is 4.10. The molecule has 5 nitrogen and oxygen atoms in total. The third kappa shape index (κ3) is 2.86. The summed E-state index contributed by atoms with van der Waals surface area (Å²) in [6.07, 6.45) is 7.87. The predicted molar refractivity (Wildman–Crippen MR) is 81.2 cm³/mol. The SMILES string of the molecule is CC(C)n1cccc1C(=O)NC[C@H]1CCn2ccnc2C1. The lowest BCUT2D eigenvalue weighted by Crippen LogP contribution is -2.34. The molecule has 0 saturated carbocycles. The zero-order chi connectivity index (χ0) is 14.8. The number of carbonyl (C=O) groups excluding carboxylic acids is 1. The van der Waals surface area contributed by atoms with Crippen LogP contribution in [0.3, 0.4) is 0 Å². The molecular formula is C16H22N4O. The number of amides is 1. The first kappa shape index (κ1) is 13.9. The third-order valence-corrected chi connectivity index (χ3v) is 4.17. The second-order valence-corrected chi connectivity index (χ2v) is 6.00. The van der Waals surface area contributed by atoms with Crippen LogP contribution in [-0.4, -0.2) is 26.6 Å². The number of hydrogen-bond acceptors (Lipinski definition) is 2. The van der Waals surface area contributed by atoms with Crippen LogP contribution in [0.25, 0.3) is 0 Å². The maximum absolute atomic E-state index is 12.3. The molecule has 0 aromatic carbocycles. The van der Waals surface area contributed by atoms with Crippen LogP contribution in [0, 0.1) is 5.92 Å². The van der Waals surface area contributed by atoms with Crippen molar-refractivity contribution in [3.05, 3.63) is 42.2 Å². The van der Waals surface area contributed by atoms with Crippen molar-refractivity contribution in [3.8, 4) is 0 Å². The minimum atomic E-state index is 0.0163. The van der Waals surface area contributed by atoms with E-state index in [1.165, 1.54) is 0 Å². The average molecular weight is 286 g/mol. The van der Waals surface area contributed by atoms with E-state index in [0.717, 1.165) is 37.4 Å². The summed E-state index contributed by atoms with van der Waals surface area (Å²) >= 11 is 0. The van der Waals surface area contributed by atoms with Gasteiger partial charge >= 0.3 is 0 Å². The Balaban J connectivity index is 1.58. The van der Waals surface area contributed by atoms with Gasteiger partial charge in [0.15, 0.2) is 0 Å². The van der Waals surface area contributed by atoms with Gasteiger partial charge < -0.3 is 14.5 Å². The molecule has 21 heavy (non-hydrogen) atoms. The highest BCUT2D eigenvalue weighted by atomic mass is 16.1. The second kappa shape index (κ2) is 5.76. The number of fused-ring (bicyclic) bond motifs is 1. The molecule has 1 aliphatic rings. The van der Waals surface area contributed by atoms with Crippen molar-refractivity contribution in [1.29, 1.82) is 0 Å². The number of carbonyl (C=O) groups is 1. The Bertz CT molecular complexity index is 626. The summed E-state index contributed by atoms with van der Waals surface area (Å²) in [6.45, 7) is 5.88. The van der Waals surface area contributed by atoms with Gasteiger partial charge in [0.2, 0.25) is 0 Å². The first-order chi connectivity index (χ1) is 10.1. The highest BCUT2D eigenvalue weighted by molar-refractivity contribution is 5.92. The summed E-state index contributed by atoms with van der Waals surface area (Å²) in [4.78, 5) is 16.7. The zero-order valence-electron chi connectivity index (χ0n) is 12.6. The first-order valence-corrected chi connectivity index (χ1v) is 7.60. The van der Waals surface area contributed by atoms with Crippen LogP contribution in [0.1, 0.15) is 42.6 Å². The van der Waals surface area contributed by atoms with Crippen molar-refractivity contribution in [2.75, 3.05) is 6.54 Å². The van der Waals surface area contributed by atoms with E-state index in [1.54, 1.807) is 0 Å². The van der Waals surface area contributed by atoms with E-state index in [4.69, 9.17) is 0 Å². The fraction of sp³-hybridized carbons (Fsp3) is 0.500. The Labute approximate surface area is 125 Å². The maximum Gasteiger partial charge on any atom is 0.267 e. The smallest absolute Gasteiger partial charge is 0.267 e. The molecule has 1 N–H and O–H groups in total. The van der Waals surface area contributed by atoms with Gasteiger partial charge in [-0.05, 0) is 38.3 Å². The van der Waals surface area contributed by atoms with Crippen LogP contribution in [0.4, 0.5) is 0 Å². The van der Waals surface area contributed by atoms with Crippen LogP contribution in [0.5, 0.6) is 0 Å². The summed E-state index contributed by atoms with van der Waals surface area (Å²) < 4.78 is 4.20. The molecule has 1 amide bonds. The molecular weight excluding hydrogens is 264 g/mol. The molecule has 0 aliphatic carbocycles. The van der Waals surface area contributed by atoms with E-state index >= 15 is 0 Å². The van der Waals surface area contributed by atoms with Gasteiger partial charge in [0.05, 0.1) is 0 Å². The van der Waals surface area contributed by atoms with Gasteiger partial charge in [-0.3, -0.25) is 4.79 Å². The van der Waals surface area contributed by atoms with Crippen molar-refractivity contribution in [2.24, 2.45) is 5.92 Å². The van der Waals surface area contributed by atoms with E-state index in [2.05, 4.69) is 28.7 Å². The zero-order valence-corrected chi connectivity index (χ0v) is 12.6. The lowest BCUT2D eigenvalue weighted by Gasteiger charge is -2.23. The van der Waals surface area contributed by atoms with Crippen LogP contribution in [0.15, 0.2) is 30.7 Å². The van der Waals surface area contributed by atoms with Gasteiger partial charge in [-0.25, -0.2) is 4.98 Å². The molecule has 3 heterocycles. The number of nitrogens with zero attached hydrogens (tertiary/aromatic N) is 3. The van der Waals surface area contributed by atoms with E-state index in [9.17, 15) is 4.79 Å². The number of hydrogen-bond donors (Lipinski definition) is 1. The van der Waals surface area contributed by atoms with Crippen molar-refractivity contribution in [2.45, 2.75) is 39.3 Å². The lowest BCUT2D eigenvalue weighted by atomic mass is 9.98. The van der Waals surface area contributed by atoms with E-state index in [-0.39, 0.29) is 5.91 Å². The van der Waals surface area contributed by atoms with Gasteiger partial charge in [-0.15, -0.1) is 0 Å². The molecule has 1 aliphatic heterocycles. The Hall–Kier alpha value is -2.04. The first-order valence-electron chi connectivity index (χ1n) is 7.60. The van der Waals surface area contributed by atoms with Crippen LogP contribution in [-0.2, 0) is 13.0 Å². The fourth-order valence-corrected chi connectivity index (χ4v) is 2.95. The Kier molecular flexibility index (Phi) is 3.82. The summed E-state index contributed by atoms with van der Waals surface area (Å²) in [7, 11) is 0.